The van der Waals surface area contributed by atoms with E-state index < -0.39 is 15.7 Å². The summed E-state index contributed by atoms with van der Waals surface area (Å²) in [6.07, 6.45) is 0.598. The van der Waals surface area contributed by atoms with Crippen LogP contribution in [0.25, 0.3) is 0 Å². The van der Waals surface area contributed by atoms with Crippen LogP contribution in [0.4, 0.5) is 0 Å². The van der Waals surface area contributed by atoms with Gasteiger partial charge >= 0.3 is 0 Å². The van der Waals surface area contributed by atoms with Crippen molar-refractivity contribution in [3.8, 4) is 0 Å². The molecule has 2 rings (SSSR count). The van der Waals surface area contributed by atoms with Crippen LogP contribution in [-0.4, -0.2) is 26.0 Å². The van der Waals surface area contributed by atoms with E-state index >= 15 is 0 Å². The summed E-state index contributed by atoms with van der Waals surface area (Å²) >= 11 is 0. The van der Waals surface area contributed by atoms with Crippen molar-refractivity contribution in [2.24, 2.45) is 16.5 Å². The Balaban J connectivity index is 2.66. The molecule has 1 unspecified atom stereocenters. The number of amides is 1. The van der Waals surface area contributed by atoms with E-state index in [9.17, 15) is 13.2 Å². The van der Waals surface area contributed by atoms with Gasteiger partial charge in [-0.15, -0.1) is 0 Å². The SMILES string of the molecule is CCc1cc2c(cc1C(=O)N=C(N)N)S(=O)(=O)CC2C. The summed E-state index contributed by atoms with van der Waals surface area (Å²) in [4.78, 5) is 15.7. The summed E-state index contributed by atoms with van der Waals surface area (Å²) in [5.41, 5.74) is 12.2. The molecule has 1 aromatic carbocycles. The van der Waals surface area contributed by atoms with Crippen LogP contribution in [0.5, 0.6) is 0 Å². The van der Waals surface area contributed by atoms with Crippen molar-refractivity contribution < 1.29 is 13.2 Å². The zero-order chi connectivity index (χ0) is 15.1. The Morgan fingerprint density at radius 3 is 2.60 bits per heavy atom. The first-order valence-corrected chi connectivity index (χ1v) is 7.95. The molecule has 0 radical (unpaired) electrons. The summed E-state index contributed by atoms with van der Waals surface area (Å²) in [5.74, 6) is -0.938. The number of nitrogens with two attached hydrogens (primary N) is 2. The number of benzene rings is 1. The van der Waals surface area contributed by atoms with Gasteiger partial charge in [0.05, 0.1) is 10.6 Å². The number of sulfone groups is 1. The zero-order valence-electron chi connectivity index (χ0n) is 11.4. The molecular weight excluding hydrogens is 278 g/mol. The van der Waals surface area contributed by atoms with Gasteiger partial charge in [-0.2, -0.15) is 4.99 Å². The standard InChI is InChI=1S/C13H17N3O3S/c1-3-8-4-9-7(2)6-20(18,19)11(9)5-10(8)12(17)16-13(14)15/h4-5,7H,3,6H2,1-2H3,(H4,14,15,16,17). The average Bonchev–Trinajstić information content (AvgIpc) is 2.57. The third-order valence-electron chi connectivity index (χ3n) is 3.41. The second-order valence-electron chi connectivity index (χ2n) is 4.93. The number of carbonyl (C=O) groups is 1. The van der Waals surface area contributed by atoms with Gasteiger partial charge in [-0.1, -0.05) is 19.9 Å². The second-order valence-corrected chi connectivity index (χ2v) is 6.93. The number of rotatable bonds is 2. The first-order valence-electron chi connectivity index (χ1n) is 6.29. The number of carbonyl (C=O) groups excluding carboxylic acids is 1. The van der Waals surface area contributed by atoms with E-state index in [1.54, 1.807) is 6.07 Å². The fourth-order valence-corrected chi connectivity index (χ4v) is 4.41. The van der Waals surface area contributed by atoms with Gasteiger partial charge in [0, 0.05) is 5.56 Å². The molecule has 6 nitrogen and oxygen atoms in total. The average molecular weight is 295 g/mol. The molecule has 1 aliphatic heterocycles. The van der Waals surface area contributed by atoms with Gasteiger partial charge < -0.3 is 11.5 Å². The number of nitrogens with zero attached hydrogens (tertiary/aromatic N) is 1. The number of aryl methyl sites for hydroxylation is 1. The minimum Gasteiger partial charge on any atom is -0.370 e. The number of fused-ring (bicyclic) bond motifs is 1. The third-order valence-corrected chi connectivity index (χ3v) is 5.38. The van der Waals surface area contributed by atoms with Gasteiger partial charge in [-0.25, -0.2) is 8.42 Å². The summed E-state index contributed by atoms with van der Waals surface area (Å²) in [7, 11) is -3.33. The molecule has 1 atom stereocenters. The van der Waals surface area contributed by atoms with Crippen LogP contribution >= 0.6 is 0 Å². The summed E-state index contributed by atoms with van der Waals surface area (Å²) < 4.78 is 24.1. The molecule has 108 valence electrons. The Morgan fingerprint density at radius 1 is 1.40 bits per heavy atom. The molecule has 7 heteroatoms. The fraction of sp³-hybridized carbons (Fsp3) is 0.385. The van der Waals surface area contributed by atoms with Crippen LogP contribution in [0.1, 0.15) is 41.3 Å². The molecule has 4 N–H and O–H groups in total. The van der Waals surface area contributed by atoms with E-state index in [4.69, 9.17) is 11.5 Å². The minimum absolute atomic E-state index is 0.0625. The zero-order valence-corrected chi connectivity index (χ0v) is 12.2. The van der Waals surface area contributed by atoms with E-state index in [1.807, 2.05) is 13.8 Å². The lowest BCUT2D eigenvalue weighted by molar-refractivity contribution is 0.100. The van der Waals surface area contributed by atoms with Crippen molar-refractivity contribution in [1.82, 2.24) is 0 Å². The van der Waals surface area contributed by atoms with Gasteiger partial charge in [-0.3, -0.25) is 4.79 Å². The predicted octanol–water partition coefficient (Wildman–Crippen LogP) is 0.553. The summed E-state index contributed by atoms with van der Waals surface area (Å²) in [6.45, 7) is 3.75. The van der Waals surface area contributed by atoms with E-state index in [0.717, 1.165) is 11.1 Å². The lowest BCUT2D eigenvalue weighted by Crippen LogP contribution is -2.24. The van der Waals surface area contributed by atoms with Crippen LogP contribution in [0.2, 0.25) is 0 Å². The van der Waals surface area contributed by atoms with Crippen molar-refractivity contribution in [1.29, 1.82) is 0 Å². The molecule has 0 bridgehead atoms. The van der Waals surface area contributed by atoms with Crippen molar-refractivity contribution in [3.05, 3.63) is 28.8 Å². The van der Waals surface area contributed by atoms with Gasteiger partial charge in [0.2, 0.25) is 0 Å². The number of aliphatic imine (C=N–C) groups is 1. The van der Waals surface area contributed by atoms with Crippen LogP contribution in [0.15, 0.2) is 22.0 Å². The van der Waals surface area contributed by atoms with Crippen LogP contribution in [0.3, 0.4) is 0 Å². The highest BCUT2D eigenvalue weighted by molar-refractivity contribution is 7.91. The van der Waals surface area contributed by atoms with Crippen LogP contribution in [0, 0.1) is 0 Å². The second kappa shape index (κ2) is 4.90. The highest BCUT2D eigenvalue weighted by atomic mass is 32.2. The van der Waals surface area contributed by atoms with E-state index in [1.165, 1.54) is 6.07 Å². The Labute approximate surface area is 117 Å². The van der Waals surface area contributed by atoms with Gasteiger partial charge in [0.25, 0.3) is 5.91 Å². The maximum absolute atomic E-state index is 12.1. The van der Waals surface area contributed by atoms with E-state index in [2.05, 4.69) is 4.99 Å². The van der Waals surface area contributed by atoms with Crippen molar-refractivity contribution in [2.75, 3.05) is 5.75 Å². The van der Waals surface area contributed by atoms with Crippen molar-refractivity contribution in [2.45, 2.75) is 31.1 Å². The molecule has 1 heterocycles. The molecule has 0 saturated heterocycles. The molecule has 1 aromatic rings. The lowest BCUT2D eigenvalue weighted by Gasteiger charge is -2.09. The van der Waals surface area contributed by atoms with Crippen molar-refractivity contribution >= 4 is 21.7 Å². The first-order chi connectivity index (χ1) is 9.26. The molecule has 0 aromatic heterocycles. The Bertz CT molecular complexity index is 704. The lowest BCUT2D eigenvalue weighted by atomic mass is 9.96. The number of guanidine groups is 1. The quantitative estimate of drug-likeness (QED) is 0.610. The van der Waals surface area contributed by atoms with E-state index in [0.29, 0.717) is 6.42 Å². The normalized spacial score (nSPS) is 19.4. The predicted molar refractivity (Wildman–Crippen MR) is 76.4 cm³/mol. The van der Waals surface area contributed by atoms with Crippen LogP contribution in [-0.2, 0) is 16.3 Å². The molecule has 0 fully saturated rings. The Morgan fingerprint density at radius 2 is 2.05 bits per heavy atom. The number of hydrogen-bond donors (Lipinski definition) is 2. The molecule has 1 amide bonds. The molecule has 20 heavy (non-hydrogen) atoms. The highest BCUT2D eigenvalue weighted by Crippen LogP contribution is 2.36. The van der Waals surface area contributed by atoms with E-state index in [-0.39, 0.29) is 28.1 Å². The Hall–Kier alpha value is -1.89. The maximum atomic E-state index is 12.1. The monoisotopic (exact) mass is 295 g/mol. The molecular formula is C13H17N3O3S. The molecule has 1 aliphatic rings. The van der Waals surface area contributed by atoms with Crippen molar-refractivity contribution in [3.63, 3.8) is 0 Å². The molecule has 0 aliphatic carbocycles. The van der Waals surface area contributed by atoms with Gasteiger partial charge in [0.15, 0.2) is 15.8 Å². The van der Waals surface area contributed by atoms with Crippen LogP contribution < -0.4 is 11.5 Å². The summed E-state index contributed by atoms with van der Waals surface area (Å²) in [6, 6.07) is 3.18. The largest absolute Gasteiger partial charge is 0.370 e. The summed E-state index contributed by atoms with van der Waals surface area (Å²) in [5, 5.41) is 0. The minimum atomic E-state index is -3.33. The van der Waals surface area contributed by atoms with Gasteiger partial charge in [-0.05, 0) is 29.5 Å². The number of hydrogen-bond acceptors (Lipinski definition) is 3. The Kier molecular flexibility index (Phi) is 3.56. The smallest absolute Gasteiger partial charge is 0.280 e. The topological polar surface area (TPSA) is 116 Å². The maximum Gasteiger partial charge on any atom is 0.280 e. The third kappa shape index (κ3) is 2.40. The highest BCUT2D eigenvalue weighted by Gasteiger charge is 2.33. The molecule has 0 saturated carbocycles. The molecule has 0 spiro atoms. The van der Waals surface area contributed by atoms with Gasteiger partial charge in [0.1, 0.15) is 0 Å². The first kappa shape index (κ1) is 14.5. The fourth-order valence-electron chi connectivity index (χ4n) is 2.48.